The summed E-state index contributed by atoms with van der Waals surface area (Å²) in [6.45, 7) is 8.46. The van der Waals surface area contributed by atoms with Gasteiger partial charge in [-0.1, -0.05) is 0 Å². The van der Waals surface area contributed by atoms with E-state index in [1.54, 1.807) is 31.2 Å². The molecule has 0 fully saturated rings. The first kappa shape index (κ1) is 16.7. The number of aryl methyl sites for hydroxylation is 2. The van der Waals surface area contributed by atoms with Crippen molar-refractivity contribution < 1.29 is 14.3 Å². The van der Waals surface area contributed by atoms with E-state index >= 15 is 0 Å². The molecule has 0 saturated heterocycles. The van der Waals surface area contributed by atoms with E-state index in [0.29, 0.717) is 41.9 Å². The Morgan fingerprint density at radius 3 is 2.13 bits per heavy atom. The van der Waals surface area contributed by atoms with E-state index in [-0.39, 0.29) is 5.91 Å². The van der Waals surface area contributed by atoms with Crippen molar-refractivity contribution in [3.63, 3.8) is 0 Å². The number of hydrogen-bond donors (Lipinski definition) is 1. The van der Waals surface area contributed by atoms with Crippen LogP contribution in [0.4, 0.5) is 5.69 Å². The standard InChI is InChI=1S/C17H21N3O3/c1-5-22-14-8-13(9-15(10-14)23-6-2)20-17(21)16-7-11(3)18-12(4)19-16/h7-10H,5-6H2,1-4H3,(H,20,21). The molecule has 0 aliphatic heterocycles. The van der Waals surface area contributed by atoms with Crippen LogP contribution in [0.1, 0.15) is 35.9 Å². The molecule has 2 aromatic rings. The van der Waals surface area contributed by atoms with Gasteiger partial charge in [-0.15, -0.1) is 0 Å². The van der Waals surface area contributed by atoms with Gasteiger partial charge in [-0.05, 0) is 33.8 Å². The van der Waals surface area contributed by atoms with Gasteiger partial charge in [0.25, 0.3) is 5.91 Å². The summed E-state index contributed by atoms with van der Waals surface area (Å²) in [5, 5.41) is 2.82. The van der Waals surface area contributed by atoms with E-state index < -0.39 is 0 Å². The van der Waals surface area contributed by atoms with E-state index in [0.717, 1.165) is 5.69 Å². The fourth-order valence-electron chi connectivity index (χ4n) is 2.17. The molecule has 1 aromatic carbocycles. The Morgan fingerprint density at radius 2 is 1.61 bits per heavy atom. The van der Waals surface area contributed by atoms with Crippen LogP contribution >= 0.6 is 0 Å². The highest BCUT2D eigenvalue weighted by Crippen LogP contribution is 2.26. The van der Waals surface area contributed by atoms with E-state index in [1.165, 1.54) is 0 Å². The van der Waals surface area contributed by atoms with Gasteiger partial charge in [0, 0.05) is 29.6 Å². The lowest BCUT2D eigenvalue weighted by Crippen LogP contribution is -2.15. The third kappa shape index (κ3) is 4.67. The second-order valence-electron chi connectivity index (χ2n) is 4.96. The minimum Gasteiger partial charge on any atom is -0.494 e. The van der Waals surface area contributed by atoms with Crippen LogP contribution in [0.2, 0.25) is 0 Å². The molecule has 6 heteroatoms. The molecule has 23 heavy (non-hydrogen) atoms. The Bertz CT molecular complexity index is 657. The van der Waals surface area contributed by atoms with Crippen molar-refractivity contribution in [1.29, 1.82) is 0 Å². The normalized spacial score (nSPS) is 10.3. The summed E-state index contributed by atoms with van der Waals surface area (Å²) in [5.74, 6) is 1.55. The quantitative estimate of drug-likeness (QED) is 0.886. The molecule has 0 spiro atoms. The maximum atomic E-state index is 12.4. The molecule has 0 atom stereocenters. The van der Waals surface area contributed by atoms with Crippen LogP contribution in [0.15, 0.2) is 24.3 Å². The fraction of sp³-hybridized carbons (Fsp3) is 0.353. The van der Waals surface area contributed by atoms with Crippen LogP contribution in [0.5, 0.6) is 11.5 Å². The average molecular weight is 315 g/mol. The van der Waals surface area contributed by atoms with Crippen molar-refractivity contribution in [2.75, 3.05) is 18.5 Å². The Balaban J connectivity index is 2.25. The van der Waals surface area contributed by atoms with Gasteiger partial charge in [0.05, 0.1) is 13.2 Å². The Hall–Kier alpha value is -2.63. The van der Waals surface area contributed by atoms with Gasteiger partial charge < -0.3 is 14.8 Å². The van der Waals surface area contributed by atoms with Crippen LogP contribution in [0.25, 0.3) is 0 Å². The first-order valence-electron chi connectivity index (χ1n) is 7.56. The minimum absolute atomic E-state index is 0.297. The Kier molecular flexibility index (Phi) is 5.51. The van der Waals surface area contributed by atoms with Gasteiger partial charge in [0.15, 0.2) is 0 Å². The van der Waals surface area contributed by atoms with E-state index in [4.69, 9.17) is 9.47 Å². The summed E-state index contributed by atoms with van der Waals surface area (Å²) in [7, 11) is 0. The van der Waals surface area contributed by atoms with Crippen molar-refractivity contribution in [2.24, 2.45) is 0 Å². The van der Waals surface area contributed by atoms with Crippen molar-refractivity contribution in [2.45, 2.75) is 27.7 Å². The summed E-state index contributed by atoms with van der Waals surface area (Å²) in [6.07, 6.45) is 0. The number of nitrogens with zero attached hydrogens (tertiary/aromatic N) is 2. The molecule has 122 valence electrons. The van der Waals surface area contributed by atoms with E-state index in [9.17, 15) is 4.79 Å². The number of hydrogen-bond acceptors (Lipinski definition) is 5. The van der Waals surface area contributed by atoms with E-state index in [1.807, 2.05) is 20.8 Å². The number of anilines is 1. The van der Waals surface area contributed by atoms with Gasteiger partial charge in [-0.2, -0.15) is 0 Å². The second-order valence-corrected chi connectivity index (χ2v) is 4.96. The van der Waals surface area contributed by atoms with E-state index in [2.05, 4.69) is 15.3 Å². The smallest absolute Gasteiger partial charge is 0.274 e. The lowest BCUT2D eigenvalue weighted by molar-refractivity contribution is 0.102. The number of ether oxygens (including phenoxy) is 2. The highest BCUT2D eigenvalue weighted by atomic mass is 16.5. The fourth-order valence-corrected chi connectivity index (χ4v) is 2.17. The van der Waals surface area contributed by atoms with Crippen molar-refractivity contribution in [3.05, 3.63) is 41.5 Å². The largest absolute Gasteiger partial charge is 0.494 e. The predicted molar refractivity (Wildman–Crippen MR) is 88.2 cm³/mol. The van der Waals surface area contributed by atoms with Crippen LogP contribution in [-0.2, 0) is 0 Å². The molecule has 1 aromatic heterocycles. The van der Waals surface area contributed by atoms with Crippen molar-refractivity contribution in [3.8, 4) is 11.5 Å². The Labute approximate surface area is 135 Å². The van der Waals surface area contributed by atoms with Crippen LogP contribution in [-0.4, -0.2) is 29.1 Å². The molecule has 2 rings (SSSR count). The first-order valence-corrected chi connectivity index (χ1v) is 7.56. The number of rotatable bonds is 6. The molecule has 0 unspecified atom stereocenters. The highest BCUT2D eigenvalue weighted by molar-refractivity contribution is 6.03. The van der Waals surface area contributed by atoms with Crippen molar-refractivity contribution in [1.82, 2.24) is 9.97 Å². The molecule has 1 heterocycles. The zero-order valence-corrected chi connectivity index (χ0v) is 13.8. The number of aromatic nitrogens is 2. The summed E-state index contributed by atoms with van der Waals surface area (Å²) >= 11 is 0. The summed E-state index contributed by atoms with van der Waals surface area (Å²) in [5.41, 5.74) is 1.67. The van der Waals surface area contributed by atoms with Gasteiger partial charge >= 0.3 is 0 Å². The lowest BCUT2D eigenvalue weighted by atomic mass is 10.2. The highest BCUT2D eigenvalue weighted by Gasteiger charge is 2.11. The molecule has 0 aliphatic carbocycles. The lowest BCUT2D eigenvalue weighted by Gasteiger charge is -2.12. The van der Waals surface area contributed by atoms with Gasteiger partial charge in [0.2, 0.25) is 0 Å². The number of nitrogens with one attached hydrogen (secondary N) is 1. The number of carbonyl (C=O) groups is 1. The Morgan fingerprint density at radius 1 is 1.00 bits per heavy atom. The molecular formula is C17H21N3O3. The maximum Gasteiger partial charge on any atom is 0.274 e. The van der Waals surface area contributed by atoms with Crippen molar-refractivity contribution >= 4 is 11.6 Å². The average Bonchev–Trinajstić information content (AvgIpc) is 2.46. The van der Waals surface area contributed by atoms with Crippen LogP contribution < -0.4 is 14.8 Å². The van der Waals surface area contributed by atoms with Crippen LogP contribution in [0.3, 0.4) is 0 Å². The topological polar surface area (TPSA) is 73.3 Å². The molecule has 1 N–H and O–H groups in total. The third-order valence-corrected chi connectivity index (χ3v) is 2.96. The molecule has 0 bridgehead atoms. The van der Waals surface area contributed by atoms with Gasteiger partial charge in [-0.25, -0.2) is 9.97 Å². The predicted octanol–water partition coefficient (Wildman–Crippen LogP) is 3.14. The zero-order chi connectivity index (χ0) is 16.8. The minimum atomic E-state index is -0.297. The summed E-state index contributed by atoms with van der Waals surface area (Å²) < 4.78 is 11.0. The monoisotopic (exact) mass is 315 g/mol. The molecule has 0 saturated carbocycles. The number of amides is 1. The third-order valence-electron chi connectivity index (χ3n) is 2.96. The molecule has 6 nitrogen and oxygen atoms in total. The molecule has 0 aliphatic rings. The molecule has 1 amide bonds. The van der Waals surface area contributed by atoms with Gasteiger partial charge in [-0.3, -0.25) is 4.79 Å². The second kappa shape index (κ2) is 7.58. The zero-order valence-electron chi connectivity index (χ0n) is 13.8. The first-order chi connectivity index (χ1) is 11.0. The SMILES string of the molecule is CCOc1cc(NC(=O)c2cc(C)nc(C)n2)cc(OCC)c1. The van der Waals surface area contributed by atoms with Crippen LogP contribution in [0, 0.1) is 13.8 Å². The molecular weight excluding hydrogens is 294 g/mol. The molecule has 0 radical (unpaired) electrons. The number of benzene rings is 1. The summed E-state index contributed by atoms with van der Waals surface area (Å²) in [4.78, 5) is 20.7. The summed E-state index contributed by atoms with van der Waals surface area (Å²) in [6, 6.07) is 6.95. The number of carbonyl (C=O) groups excluding carboxylic acids is 1. The maximum absolute atomic E-state index is 12.4. The van der Waals surface area contributed by atoms with Gasteiger partial charge in [0.1, 0.15) is 23.0 Å².